The molecule has 1 aliphatic rings. The van der Waals surface area contributed by atoms with Gasteiger partial charge in [0.05, 0.1) is 12.0 Å². The minimum atomic E-state index is -0.566. The number of hydrogen-bond donors (Lipinski definition) is 1. The minimum Gasteiger partial charge on any atom is -0.461 e. The number of hydrogen-bond acceptors (Lipinski definition) is 5. The SMILES string of the molecule is Cn1c(=O)[nH]c(=O)c2cc3c(nc21)C(=O)OCC3. The molecule has 92 valence electrons. The molecule has 0 aromatic carbocycles. The predicted octanol–water partition coefficient (Wildman–Crippen LogP) is -0.665. The zero-order chi connectivity index (χ0) is 12.9. The zero-order valence-corrected chi connectivity index (χ0v) is 9.52. The highest BCUT2D eigenvalue weighted by Gasteiger charge is 2.22. The number of H-pyrrole nitrogens is 1. The van der Waals surface area contributed by atoms with Crippen molar-refractivity contribution in [2.24, 2.45) is 7.05 Å². The lowest BCUT2D eigenvalue weighted by atomic mass is 10.1. The maximum atomic E-state index is 11.7. The van der Waals surface area contributed by atoms with Gasteiger partial charge in [0.2, 0.25) is 0 Å². The van der Waals surface area contributed by atoms with Gasteiger partial charge in [0.25, 0.3) is 5.56 Å². The summed E-state index contributed by atoms with van der Waals surface area (Å²) in [6.45, 7) is 0.280. The summed E-state index contributed by atoms with van der Waals surface area (Å²) < 4.78 is 6.07. The van der Waals surface area contributed by atoms with Gasteiger partial charge in [-0.15, -0.1) is 0 Å². The number of aryl methyl sites for hydroxylation is 1. The summed E-state index contributed by atoms with van der Waals surface area (Å²) >= 11 is 0. The van der Waals surface area contributed by atoms with E-state index in [-0.39, 0.29) is 17.9 Å². The fraction of sp³-hybridized carbons (Fsp3) is 0.273. The summed E-state index contributed by atoms with van der Waals surface area (Å²) in [6.07, 6.45) is 0.520. The summed E-state index contributed by atoms with van der Waals surface area (Å²) in [5.74, 6) is -0.522. The third-order valence-corrected chi connectivity index (χ3v) is 2.97. The largest absolute Gasteiger partial charge is 0.461 e. The van der Waals surface area contributed by atoms with E-state index in [2.05, 4.69) is 9.97 Å². The first-order chi connectivity index (χ1) is 8.58. The van der Waals surface area contributed by atoms with E-state index in [4.69, 9.17) is 4.74 Å². The number of nitrogens with one attached hydrogen (secondary N) is 1. The van der Waals surface area contributed by atoms with Crippen LogP contribution in [0.1, 0.15) is 16.1 Å². The Kier molecular flexibility index (Phi) is 2.09. The number of aromatic amines is 1. The number of pyridine rings is 1. The molecule has 0 amide bonds. The summed E-state index contributed by atoms with van der Waals surface area (Å²) in [4.78, 5) is 41.0. The van der Waals surface area contributed by atoms with Crippen LogP contribution in [0.4, 0.5) is 0 Å². The smallest absolute Gasteiger partial charge is 0.357 e. The molecule has 2 aromatic heterocycles. The third-order valence-electron chi connectivity index (χ3n) is 2.97. The van der Waals surface area contributed by atoms with Crippen molar-refractivity contribution in [3.05, 3.63) is 38.2 Å². The van der Waals surface area contributed by atoms with Crippen molar-refractivity contribution in [3.8, 4) is 0 Å². The monoisotopic (exact) mass is 247 g/mol. The van der Waals surface area contributed by atoms with Crippen LogP contribution in [-0.4, -0.2) is 27.1 Å². The number of ether oxygens (including phenoxy) is 1. The summed E-state index contributed by atoms with van der Waals surface area (Å²) in [6, 6.07) is 1.59. The highest BCUT2D eigenvalue weighted by atomic mass is 16.5. The van der Waals surface area contributed by atoms with Crippen LogP contribution < -0.4 is 11.2 Å². The van der Waals surface area contributed by atoms with Gasteiger partial charge < -0.3 is 4.74 Å². The van der Waals surface area contributed by atoms with Gasteiger partial charge >= 0.3 is 11.7 Å². The van der Waals surface area contributed by atoms with Crippen molar-refractivity contribution in [3.63, 3.8) is 0 Å². The molecule has 0 bridgehead atoms. The van der Waals surface area contributed by atoms with E-state index in [1.54, 1.807) is 6.07 Å². The van der Waals surface area contributed by atoms with Gasteiger partial charge in [-0.1, -0.05) is 0 Å². The van der Waals surface area contributed by atoms with E-state index in [0.29, 0.717) is 17.4 Å². The molecule has 7 heteroatoms. The molecule has 0 atom stereocenters. The Hall–Kier alpha value is -2.44. The quantitative estimate of drug-likeness (QED) is 0.623. The van der Waals surface area contributed by atoms with E-state index in [0.717, 1.165) is 0 Å². The highest BCUT2D eigenvalue weighted by molar-refractivity contribution is 5.92. The Balaban J connectivity index is 2.48. The molecule has 0 saturated heterocycles. The van der Waals surface area contributed by atoms with Crippen LogP contribution in [0.3, 0.4) is 0 Å². The van der Waals surface area contributed by atoms with Crippen molar-refractivity contribution in [2.45, 2.75) is 6.42 Å². The summed E-state index contributed by atoms with van der Waals surface area (Å²) in [5.41, 5.74) is -0.0370. The summed E-state index contributed by atoms with van der Waals surface area (Å²) in [5, 5.41) is 0.297. The lowest BCUT2D eigenvalue weighted by Crippen LogP contribution is -2.30. The molecule has 0 saturated carbocycles. The fourth-order valence-electron chi connectivity index (χ4n) is 2.00. The van der Waals surface area contributed by atoms with Crippen LogP contribution in [0.25, 0.3) is 11.0 Å². The second kappa shape index (κ2) is 3.52. The Morgan fingerprint density at radius 2 is 2.17 bits per heavy atom. The molecule has 1 N–H and O–H groups in total. The van der Waals surface area contributed by atoms with Crippen LogP contribution >= 0.6 is 0 Å². The maximum Gasteiger partial charge on any atom is 0.357 e. The Bertz CT molecular complexity index is 787. The average Bonchev–Trinajstić information content (AvgIpc) is 2.35. The molecular weight excluding hydrogens is 238 g/mol. The van der Waals surface area contributed by atoms with Gasteiger partial charge in [-0.3, -0.25) is 14.3 Å². The van der Waals surface area contributed by atoms with Gasteiger partial charge in [-0.2, -0.15) is 0 Å². The van der Waals surface area contributed by atoms with Crippen molar-refractivity contribution in [1.82, 2.24) is 14.5 Å². The van der Waals surface area contributed by atoms with Crippen LogP contribution in [0, 0.1) is 0 Å². The van der Waals surface area contributed by atoms with Crippen LogP contribution in [0.15, 0.2) is 15.7 Å². The predicted molar refractivity (Wildman–Crippen MR) is 61.6 cm³/mol. The average molecular weight is 247 g/mol. The van der Waals surface area contributed by atoms with Gasteiger partial charge in [0.1, 0.15) is 5.65 Å². The molecule has 3 rings (SSSR count). The van der Waals surface area contributed by atoms with Crippen LogP contribution in [0.2, 0.25) is 0 Å². The van der Waals surface area contributed by atoms with Gasteiger partial charge in [0.15, 0.2) is 5.69 Å². The Morgan fingerprint density at radius 3 is 2.94 bits per heavy atom. The summed E-state index contributed by atoms with van der Waals surface area (Å²) in [7, 11) is 1.48. The maximum absolute atomic E-state index is 11.7. The number of carbonyl (C=O) groups is 1. The normalized spacial score (nSPS) is 14.4. The number of nitrogens with zero attached hydrogens (tertiary/aromatic N) is 2. The Labute approximate surface area is 100 Å². The number of cyclic esters (lactones) is 1. The van der Waals surface area contributed by atoms with Crippen molar-refractivity contribution < 1.29 is 9.53 Å². The van der Waals surface area contributed by atoms with Gasteiger partial charge in [-0.05, 0) is 11.6 Å². The van der Waals surface area contributed by atoms with Crippen molar-refractivity contribution in [1.29, 1.82) is 0 Å². The second-order valence-corrected chi connectivity index (χ2v) is 4.07. The van der Waals surface area contributed by atoms with Crippen molar-refractivity contribution >= 4 is 17.0 Å². The van der Waals surface area contributed by atoms with Gasteiger partial charge in [-0.25, -0.2) is 14.6 Å². The first-order valence-electron chi connectivity index (χ1n) is 5.38. The first-order valence-corrected chi connectivity index (χ1v) is 5.38. The molecule has 0 aliphatic carbocycles. The lowest BCUT2D eigenvalue weighted by molar-refractivity contribution is 0.0472. The molecule has 2 aromatic rings. The number of aromatic nitrogens is 3. The molecule has 0 fully saturated rings. The van der Waals surface area contributed by atoms with Crippen LogP contribution in [0.5, 0.6) is 0 Å². The standard InChI is InChI=1S/C11H9N3O4/c1-14-8-6(9(15)13-11(14)17)4-5-2-3-18-10(16)7(5)12-8/h4H,2-3H2,1H3,(H,13,15,17). The number of fused-ring (bicyclic) bond motifs is 2. The molecule has 0 radical (unpaired) electrons. The molecule has 7 nitrogen and oxygen atoms in total. The van der Waals surface area contributed by atoms with Crippen molar-refractivity contribution in [2.75, 3.05) is 6.61 Å². The minimum absolute atomic E-state index is 0.175. The van der Waals surface area contributed by atoms with E-state index in [1.165, 1.54) is 11.6 Å². The fourth-order valence-corrected chi connectivity index (χ4v) is 2.00. The second-order valence-electron chi connectivity index (χ2n) is 4.07. The van der Waals surface area contributed by atoms with E-state index >= 15 is 0 Å². The van der Waals surface area contributed by atoms with E-state index < -0.39 is 17.2 Å². The Morgan fingerprint density at radius 1 is 1.39 bits per heavy atom. The number of esters is 1. The third kappa shape index (κ3) is 1.37. The molecule has 18 heavy (non-hydrogen) atoms. The van der Waals surface area contributed by atoms with Crippen LogP contribution in [-0.2, 0) is 18.2 Å². The topological polar surface area (TPSA) is 94.0 Å². The van der Waals surface area contributed by atoms with Gasteiger partial charge in [0, 0.05) is 13.5 Å². The first kappa shape index (κ1) is 10.7. The zero-order valence-electron chi connectivity index (χ0n) is 9.52. The number of carbonyl (C=O) groups excluding carboxylic acids is 1. The molecule has 3 heterocycles. The highest BCUT2D eigenvalue weighted by Crippen LogP contribution is 2.17. The lowest BCUT2D eigenvalue weighted by Gasteiger charge is -2.15. The van der Waals surface area contributed by atoms with E-state index in [1.807, 2.05) is 0 Å². The number of rotatable bonds is 0. The molecular formula is C11H9N3O4. The van der Waals surface area contributed by atoms with E-state index in [9.17, 15) is 14.4 Å². The molecule has 1 aliphatic heterocycles. The molecule has 0 unspecified atom stereocenters. The molecule has 0 spiro atoms.